The van der Waals surface area contributed by atoms with Gasteiger partial charge in [-0.25, -0.2) is 0 Å². The highest BCUT2D eigenvalue weighted by Crippen LogP contribution is 2.21. The molecule has 0 saturated heterocycles. The summed E-state index contributed by atoms with van der Waals surface area (Å²) in [6.45, 7) is 3.84. The van der Waals surface area contributed by atoms with Crippen molar-refractivity contribution >= 4 is 17.6 Å². The van der Waals surface area contributed by atoms with Gasteiger partial charge in [-0.05, 0) is 26.7 Å². The van der Waals surface area contributed by atoms with Crippen LogP contribution in [-0.2, 0) is 16.1 Å². The summed E-state index contributed by atoms with van der Waals surface area (Å²) < 4.78 is 1.46. The number of hydrogen-bond donors (Lipinski definition) is 2. The Kier molecular flexibility index (Phi) is 6.48. The minimum Gasteiger partial charge on any atom is -0.481 e. The number of aromatic nitrogens is 2. The van der Waals surface area contributed by atoms with Crippen molar-refractivity contribution in [3.63, 3.8) is 0 Å². The summed E-state index contributed by atoms with van der Waals surface area (Å²) in [4.78, 5) is 32.4. The number of carboxylic acids is 1. The number of carbonyl (C=O) groups excluding carboxylic acids is 1. The van der Waals surface area contributed by atoms with Crippen molar-refractivity contribution < 1.29 is 19.6 Å². The van der Waals surface area contributed by atoms with E-state index < -0.39 is 10.9 Å². The molecule has 0 radical (unpaired) electrons. The lowest BCUT2D eigenvalue weighted by Crippen LogP contribution is -2.25. The lowest BCUT2D eigenvalue weighted by Gasteiger charge is -2.06. The SMILES string of the molecule is Cc1nn(CCC(=O)NCCCCC(=O)O)c(C)c1[N+](=O)[O-]. The normalized spacial score (nSPS) is 10.5. The van der Waals surface area contributed by atoms with Gasteiger partial charge in [-0.3, -0.25) is 24.4 Å². The molecule has 1 aromatic rings. The van der Waals surface area contributed by atoms with Crippen molar-refractivity contribution in [2.24, 2.45) is 0 Å². The lowest BCUT2D eigenvalue weighted by molar-refractivity contribution is -0.386. The third kappa shape index (κ3) is 5.15. The van der Waals surface area contributed by atoms with Crippen LogP contribution < -0.4 is 5.32 Å². The van der Waals surface area contributed by atoms with Gasteiger partial charge in [-0.2, -0.15) is 5.10 Å². The Labute approximate surface area is 127 Å². The monoisotopic (exact) mass is 312 g/mol. The van der Waals surface area contributed by atoms with Crippen molar-refractivity contribution in [1.82, 2.24) is 15.1 Å². The first-order valence-electron chi connectivity index (χ1n) is 6.99. The van der Waals surface area contributed by atoms with Crippen LogP contribution in [0.5, 0.6) is 0 Å². The molecule has 122 valence electrons. The highest BCUT2D eigenvalue weighted by molar-refractivity contribution is 5.75. The zero-order chi connectivity index (χ0) is 16.7. The molecule has 9 heteroatoms. The number of carboxylic acid groups (broad SMARTS) is 1. The molecule has 0 unspecified atom stereocenters. The van der Waals surface area contributed by atoms with Crippen LogP contribution in [0.4, 0.5) is 5.69 Å². The molecule has 9 nitrogen and oxygen atoms in total. The van der Waals surface area contributed by atoms with Gasteiger partial charge in [0.1, 0.15) is 11.4 Å². The maximum atomic E-state index is 11.6. The number of amides is 1. The Hall–Kier alpha value is -2.45. The van der Waals surface area contributed by atoms with E-state index in [-0.39, 0.29) is 31.0 Å². The fraction of sp³-hybridized carbons (Fsp3) is 0.615. The van der Waals surface area contributed by atoms with Crippen molar-refractivity contribution in [2.45, 2.75) is 46.1 Å². The van der Waals surface area contributed by atoms with E-state index in [0.717, 1.165) is 0 Å². The van der Waals surface area contributed by atoms with Crippen LogP contribution in [0.3, 0.4) is 0 Å². The zero-order valence-corrected chi connectivity index (χ0v) is 12.7. The zero-order valence-electron chi connectivity index (χ0n) is 12.7. The third-order valence-corrected chi connectivity index (χ3v) is 3.22. The Morgan fingerprint density at radius 3 is 2.55 bits per heavy atom. The Balaban J connectivity index is 2.37. The molecular weight excluding hydrogens is 292 g/mol. The second-order valence-electron chi connectivity index (χ2n) is 4.95. The molecule has 0 fully saturated rings. The van der Waals surface area contributed by atoms with E-state index in [4.69, 9.17) is 5.11 Å². The van der Waals surface area contributed by atoms with Gasteiger partial charge in [0.15, 0.2) is 0 Å². The van der Waals surface area contributed by atoms with Crippen LogP contribution in [0.25, 0.3) is 0 Å². The molecule has 1 aromatic heterocycles. The van der Waals surface area contributed by atoms with Crippen molar-refractivity contribution in [3.05, 3.63) is 21.5 Å². The minimum absolute atomic E-state index is 0.0194. The Morgan fingerprint density at radius 2 is 2.00 bits per heavy atom. The number of carbonyl (C=O) groups is 2. The van der Waals surface area contributed by atoms with Gasteiger partial charge in [-0.15, -0.1) is 0 Å². The smallest absolute Gasteiger partial charge is 0.312 e. The van der Waals surface area contributed by atoms with E-state index >= 15 is 0 Å². The molecule has 1 rings (SSSR count). The van der Waals surface area contributed by atoms with Gasteiger partial charge in [-0.1, -0.05) is 0 Å². The fourth-order valence-electron chi connectivity index (χ4n) is 2.09. The van der Waals surface area contributed by atoms with Gasteiger partial charge in [0.05, 0.1) is 11.5 Å². The molecule has 22 heavy (non-hydrogen) atoms. The van der Waals surface area contributed by atoms with E-state index in [2.05, 4.69) is 10.4 Å². The molecule has 0 bridgehead atoms. The highest BCUT2D eigenvalue weighted by atomic mass is 16.6. The molecule has 0 atom stereocenters. The average Bonchev–Trinajstić information content (AvgIpc) is 2.70. The van der Waals surface area contributed by atoms with Crippen LogP contribution in [0.2, 0.25) is 0 Å². The first-order valence-corrected chi connectivity index (χ1v) is 6.99. The van der Waals surface area contributed by atoms with E-state index in [1.807, 2.05) is 0 Å². The minimum atomic E-state index is -0.850. The molecule has 0 aliphatic rings. The predicted octanol–water partition coefficient (Wildman–Crippen LogP) is 1.17. The summed E-state index contributed by atoms with van der Waals surface area (Å²) in [5, 5.41) is 26.1. The standard InChI is InChI=1S/C13H20N4O5/c1-9-13(17(21)22)10(2)16(15-9)8-6-11(18)14-7-4-3-5-12(19)20/h3-8H2,1-2H3,(H,14,18)(H,19,20). The van der Waals surface area contributed by atoms with E-state index in [1.54, 1.807) is 13.8 Å². The van der Waals surface area contributed by atoms with E-state index in [9.17, 15) is 19.7 Å². The molecule has 0 saturated carbocycles. The summed E-state index contributed by atoms with van der Waals surface area (Å²) >= 11 is 0. The lowest BCUT2D eigenvalue weighted by atomic mass is 10.2. The van der Waals surface area contributed by atoms with Gasteiger partial charge in [0, 0.05) is 19.4 Å². The van der Waals surface area contributed by atoms with Gasteiger partial charge in [0.2, 0.25) is 5.91 Å². The Bertz CT molecular complexity index is 567. The molecule has 0 spiro atoms. The number of nitrogens with one attached hydrogen (secondary N) is 1. The molecule has 0 aromatic carbocycles. The topological polar surface area (TPSA) is 127 Å². The van der Waals surface area contributed by atoms with Crippen molar-refractivity contribution in [3.8, 4) is 0 Å². The van der Waals surface area contributed by atoms with Gasteiger partial charge < -0.3 is 10.4 Å². The first-order chi connectivity index (χ1) is 10.3. The second-order valence-corrected chi connectivity index (χ2v) is 4.95. The number of nitro groups is 1. The number of rotatable bonds is 9. The van der Waals surface area contributed by atoms with Crippen molar-refractivity contribution in [2.75, 3.05) is 6.54 Å². The quantitative estimate of drug-likeness (QED) is 0.400. The van der Waals surface area contributed by atoms with E-state index in [0.29, 0.717) is 30.8 Å². The largest absolute Gasteiger partial charge is 0.481 e. The summed E-state index contributed by atoms with van der Waals surface area (Å²) in [6, 6.07) is 0. The fourth-order valence-corrected chi connectivity index (χ4v) is 2.09. The number of unbranched alkanes of at least 4 members (excludes halogenated alkanes) is 1. The second kappa shape index (κ2) is 8.11. The predicted molar refractivity (Wildman–Crippen MR) is 77.5 cm³/mol. The van der Waals surface area contributed by atoms with Gasteiger partial charge >= 0.3 is 11.7 Å². The van der Waals surface area contributed by atoms with Crippen LogP contribution in [-0.4, -0.2) is 38.2 Å². The number of aliphatic carboxylic acids is 1. The van der Waals surface area contributed by atoms with Crippen LogP contribution in [0.1, 0.15) is 37.1 Å². The van der Waals surface area contributed by atoms with Crippen LogP contribution >= 0.6 is 0 Å². The third-order valence-electron chi connectivity index (χ3n) is 3.22. The number of hydrogen-bond acceptors (Lipinski definition) is 5. The average molecular weight is 312 g/mol. The maximum Gasteiger partial charge on any atom is 0.312 e. The van der Waals surface area contributed by atoms with E-state index in [1.165, 1.54) is 4.68 Å². The van der Waals surface area contributed by atoms with Gasteiger partial charge in [0.25, 0.3) is 0 Å². The molecule has 0 aliphatic carbocycles. The summed E-state index contributed by atoms with van der Waals surface area (Å²) in [7, 11) is 0. The summed E-state index contributed by atoms with van der Waals surface area (Å²) in [5.41, 5.74) is 0.738. The van der Waals surface area contributed by atoms with Crippen LogP contribution in [0, 0.1) is 24.0 Å². The highest BCUT2D eigenvalue weighted by Gasteiger charge is 2.21. The number of aryl methyl sites for hydroxylation is 2. The number of nitrogens with zero attached hydrogens (tertiary/aromatic N) is 3. The molecule has 0 aliphatic heterocycles. The molecular formula is C13H20N4O5. The molecule has 2 N–H and O–H groups in total. The maximum absolute atomic E-state index is 11.6. The first kappa shape index (κ1) is 17.6. The summed E-state index contributed by atoms with van der Waals surface area (Å²) in [5.74, 6) is -1.04. The molecule has 1 amide bonds. The molecule has 1 heterocycles. The van der Waals surface area contributed by atoms with Crippen molar-refractivity contribution in [1.29, 1.82) is 0 Å². The Morgan fingerprint density at radius 1 is 1.32 bits per heavy atom. The summed E-state index contributed by atoms with van der Waals surface area (Å²) in [6.07, 6.45) is 1.37. The van der Waals surface area contributed by atoms with Crippen LogP contribution in [0.15, 0.2) is 0 Å².